The van der Waals surface area contributed by atoms with Crippen LogP contribution in [0.25, 0.3) is 6.08 Å². The molecular formula is C19H19F2NO4. The number of ether oxygens (including phenoxy) is 3. The quantitative estimate of drug-likeness (QED) is 0.709. The molecule has 7 heteroatoms. The van der Waals surface area contributed by atoms with E-state index in [0.29, 0.717) is 17.9 Å². The van der Waals surface area contributed by atoms with Crippen molar-refractivity contribution in [1.29, 1.82) is 0 Å². The fraction of sp³-hybridized carbons (Fsp3) is 0.211. The summed E-state index contributed by atoms with van der Waals surface area (Å²) in [5.74, 6) is 0.470. The molecule has 0 aromatic heterocycles. The van der Waals surface area contributed by atoms with Crippen molar-refractivity contribution >= 4 is 17.7 Å². The summed E-state index contributed by atoms with van der Waals surface area (Å²) in [5, 5.41) is 2.71. The number of nitrogens with one attached hydrogen (secondary N) is 1. The maximum Gasteiger partial charge on any atom is 0.387 e. The van der Waals surface area contributed by atoms with Crippen LogP contribution in [0.1, 0.15) is 12.5 Å². The normalized spacial score (nSPS) is 10.8. The first kappa shape index (κ1) is 19.2. The zero-order valence-corrected chi connectivity index (χ0v) is 14.4. The fourth-order valence-electron chi connectivity index (χ4n) is 2.14. The molecule has 0 spiro atoms. The lowest BCUT2D eigenvalue weighted by atomic mass is 10.2. The molecule has 2 aromatic carbocycles. The standard InChI is InChI=1S/C19H19F2NO4/c1-3-25-15-8-6-14(7-9-15)22-18(23)11-5-13-4-10-16(26-19(20)21)17(12-13)24-2/h4-12,19H,3H2,1-2H3,(H,22,23). The van der Waals surface area contributed by atoms with Crippen LogP contribution in [0.5, 0.6) is 17.2 Å². The SMILES string of the molecule is CCOc1ccc(NC(=O)C=Cc2ccc(OC(F)F)c(OC)c2)cc1. The van der Waals surface area contributed by atoms with Crippen LogP contribution in [0.4, 0.5) is 14.5 Å². The predicted molar refractivity (Wildman–Crippen MR) is 94.9 cm³/mol. The van der Waals surface area contributed by atoms with Crippen LogP contribution in [0.2, 0.25) is 0 Å². The van der Waals surface area contributed by atoms with E-state index in [4.69, 9.17) is 9.47 Å². The van der Waals surface area contributed by atoms with E-state index in [-0.39, 0.29) is 17.4 Å². The molecule has 0 bridgehead atoms. The third kappa shape index (κ3) is 5.77. The zero-order valence-electron chi connectivity index (χ0n) is 14.4. The van der Waals surface area contributed by atoms with Crippen molar-refractivity contribution < 1.29 is 27.8 Å². The van der Waals surface area contributed by atoms with E-state index in [1.807, 2.05) is 6.92 Å². The van der Waals surface area contributed by atoms with Crippen LogP contribution in [0, 0.1) is 0 Å². The molecule has 0 saturated heterocycles. The Balaban J connectivity index is 2.00. The maximum atomic E-state index is 12.3. The number of benzene rings is 2. The highest BCUT2D eigenvalue weighted by Gasteiger charge is 2.10. The number of halogens is 2. The Morgan fingerprint density at radius 2 is 1.88 bits per heavy atom. The number of rotatable bonds is 8. The van der Waals surface area contributed by atoms with Crippen LogP contribution < -0.4 is 19.5 Å². The second-order valence-electron chi connectivity index (χ2n) is 5.07. The summed E-state index contributed by atoms with van der Waals surface area (Å²) >= 11 is 0. The summed E-state index contributed by atoms with van der Waals surface area (Å²) in [5.41, 5.74) is 1.23. The molecule has 138 valence electrons. The molecule has 0 aliphatic rings. The topological polar surface area (TPSA) is 56.8 Å². The highest BCUT2D eigenvalue weighted by atomic mass is 19.3. The number of carbonyl (C=O) groups excluding carboxylic acids is 1. The molecule has 0 aliphatic carbocycles. The third-order valence-electron chi connectivity index (χ3n) is 3.26. The van der Waals surface area contributed by atoms with Gasteiger partial charge in [-0.15, -0.1) is 0 Å². The van der Waals surface area contributed by atoms with Crippen LogP contribution in [-0.2, 0) is 4.79 Å². The molecule has 5 nitrogen and oxygen atoms in total. The molecular weight excluding hydrogens is 344 g/mol. The lowest BCUT2D eigenvalue weighted by Gasteiger charge is -2.10. The summed E-state index contributed by atoms with van der Waals surface area (Å²) in [6.07, 6.45) is 2.87. The first-order chi connectivity index (χ1) is 12.5. The lowest BCUT2D eigenvalue weighted by molar-refractivity contribution is -0.111. The van der Waals surface area contributed by atoms with E-state index in [1.165, 1.54) is 25.3 Å². The van der Waals surface area contributed by atoms with Gasteiger partial charge in [0.15, 0.2) is 11.5 Å². The minimum absolute atomic E-state index is 0.0708. The highest BCUT2D eigenvalue weighted by molar-refractivity contribution is 6.01. The van der Waals surface area contributed by atoms with E-state index < -0.39 is 6.61 Å². The molecule has 0 heterocycles. The molecule has 2 aromatic rings. The number of methoxy groups -OCH3 is 1. The van der Waals surface area contributed by atoms with Crippen LogP contribution in [0.3, 0.4) is 0 Å². The summed E-state index contributed by atoms with van der Waals surface area (Å²) < 4.78 is 39.3. The molecule has 0 unspecified atom stereocenters. The molecule has 0 aliphatic heterocycles. The van der Waals surface area contributed by atoms with E-state index in [9.17, 15) is 13.6 Å². The average Bonchev–Trinajstić information content (AvgIpc) is 2.62. The van der Waals surface area contributed by atoms with E-state index in [1.54, 1.807) is 36.4 Å². The van der Waals surface area contributed by atoms with Gasteiger partial charge in [-0.2, -0.15) is 8.78 Å². The van der Waals surface area contributed by atoms with E-state index in [2.05, 4.69) is 10.1 Å². The molecule has 2 rings (SSSR count). The van der Waals surface area contributed by atoms with Gasteiger partial charge in [0.05, 0.1) is 13.7 Å². The minimum atomic E-state index is -2.94. The first-order valence-electron chi connectivity index (χ1n) is 7.86. The minimum Gasteiger partial charge on any atom is -0.494 e. The second-order valence-corrected chi connectivity index (χ2v) is 5.07. The average molecular weight is 363 g/mol. The van der Waals surface area contributed by atoms with Gasteiger partial charge < -0.3 is 19.5 Å². The largest absolute Gasteiger partial charge is 0.494 e. The van der Waals surface area contributed by atoms with Gasteiger partial charge in [0.2, 0.25) is 5.91 Å². The van der Waals surface area contributed by atoms with Gasteiger partial charge in [-0.05, 0) is 55.0 Å². The van der Waals surface area contributed by atoms with Crippen molar-refractivity contribution in [3.63, 3.8) is 0 Å². The Morgan fingerprint density at radius 1 is 1.15 bits per heavy atom. The monoisotopic (exact) mass is 363 g/mol. The molecule has 0 atom stereocenters. The van der Waals surface area contributed by atoms with Crippen molar-refractivity contribution in [2.24, 2.45) is 0 Å². The molecule has 0 fully saturated rings. The van der Waals surface area contributed by atoms with Gasteiger partial charge in [-0.1, -0.05) is 6.07 Å². The Hall–Kier alpha value is -3.09. The number of hydrogen-bond donors (Lipinski definition) is 1. The summed E-state index contributed by atoms with van der Waals surface area (Å²) in [6, 6.07) is 11.4. The van der Waals surface area contributed by atoms with Crippen molar-refractivity contribution in [1.82, 2.24) is 0 Å². The number of alkyl halides is 2. The Labute approximate surface area is 150 Å². The molecule has 1 N–H and O–H groups in total. The Bertz CT molecular complexity index is 761. The molecule has 0 saturated carbocycles. The maximum absolute atomic E-state index is 12.3. The van der Waals surface area contributed by atoms with E-state index in [0.717, 1.165) is 5.75 Å². The summed E-state index contributed by atoms with van der Waals surface area (Å²) in [6.45, 7) is -0.481. The lowest BCUT2D eigenvalue weighted by Crippen LogP contribution is -2.07. The number of carbonyl (C=O) groups is 1. The van der Waals surface area contributed by atoms with Gasteiger partial charge in [0.1, 0.15) is 5.75 Å². The molecule has 1 amide bonds. The number of hydrogen-bond acceptors (Lipinski definition) is 4. The summed E-state index contributed by atoms with van der Waals surface area (Å²) in [7, 11) is 1.35. The van der Waals surface area contributed by atoms with E-state index >= 15 is 0 Å². The van der Waals surface area contributed by atoms with Crippen LogP contribution >= 0.6 is 0 Å². The third-order valence-corrected chi connectivity index (χ3v) is 3.26. The fourth-order valence-corrected chi connectivity index (χ4v) is 2.14. The smallest absolute Gasteiger partial charge is 0.387 e. The Kier molecular flexibility index (Phi) is 6.96. The second kappa shape index (κ2) is 9.41. The van der Waals surface area contributed by atoms with Gasteiger partial charge in [-0.25, -0.2) is 0 Å². The van der Waals surface area contributed by atoms with Crippen LogP contribution in [-0.4, -0.2) is 26.2 Å². The highest BCUT2D eigenvalue weighted by Crippen LogP contribution is 2.29. The van der Waals surface area contributed by atoms with Gasteiger partial charge in [0.25, 0.3) is 0 Å². The number of anilines is 1. The van der Waals surface area contributed by atoms with Crippen molar-refractivity contribution in [2.75, 3.05) is 19.0 Å². The summed E-state index contributed by atoms with van der Waals surface area (Å²) in [4.78, 5) is 12.0. The predicted octanol–water partition coefficient (Wildman–Crippen LogP) is 4.35. The van der Waals surface area contributed by atoms with Crippen molar-refractivity contribution in [3.8, 4) is 17.2 Å². The number of amides is 1. The van der Waals surface area contributed by atoms with Gasteiger partial charge in [-0.3, -0.25) is 4.79 Å². The van der Waals surface area contributed by atoms with Crippen molar-refractivity contribution in [2.45, 2.75) is 13.5 Å². The van der Waals surface area contributed by atoms with Gasteiger partial charge in [0, 0.05) is 11.8 Å². The van der Waals surface area contributed by atoms with Crippen molar-refractivity contribution in [3.05, 3.63) is 54.1 Å². The van der Waals surface area contributed by atoms with Crippen LogP contribution in [0.15, 0.2) is 48.5 Å². The zero-order chi connectivity index (χ0) is 18.9. The Morgan fingerprint density at radius 3 is 2.50 bits per heavy atom. The molecule has 26 heavy (non-hydrogen) atoms. The first-order valence-corrected chi connectivity index (χ1v) is 7.86. The van der Waals surface area contributed by atoms with Gasteiger partial charge >= 0.3 is 6.61 Å². The molecule has 0 radical (unpaired) electrons.